The summed E-state index contributed by atoms with van der Waals surface area (Å²) in [6.07, 6.45) is -10.5. The van der Waals surface area contributed by atoms with Crippen molar-refractivity contribution in [2.75, 3.05) is 0 Å². The van der Waals surface area contributed by atoms with Gasteiger partial charge in [-0.05, 0) is 6.07 Å². The number of aromatic amines is 1. The van der Waals surface area contributed by atoms with E-state index in [1.165, 1.54) is 4.98 Å². The summed E-state index contributed by atoms with van der Waals surface area (Å²) in [6, 6.07) is 0.308. The fraction of sp³-hybridized carbons (Fsp3) is 0.375. The average molecular weight is 296 g/mol. The SMILES string of the molecule is O=c1[nH]c(C(F)(F)F)c(OC(F)(F)F)cc1CCl. The van der Waals surface area contributed by atoms with E-state index in [0.717, 1.165) is 0 Å². The standard InChI is InChI=1S/C8H4ClF6NO2/c9-2-3-1-4(18-8(13,14)15)5(7(10,11)12)16-6(3)17/h1H,2H2,(H,16,17). The van der Waals surface area contributed by atoms with Gasteiger partial charge in [0.05, 0.1) is 5.88 Å². The van der Waals surface area contributed by atoms with Crippen LogP contribution in [0.4, 0.5) is 26.3 Å². The lowest BCUT2D eigenvalue weighted by Crippen LogP contribution is -2.25. The Labute approximate surface area is 100 Å². The topological polar surface area (TPSA) is 42.1 Å². The van der Waals surface area contributed by atoms with E-state index in [0.29, 0.717) is 6.07 Å². The molecular weight excluding hydrogens is 292 g/mol. The lowest BCUT2D eigenvalue weighted by atomic mass is 10.2. The normalized spacial score (nSPS) is 12.6. The predicted octanol–water partition coefficient (Wildman–Crippen LogP) is 3.03. The van der Waals surface area contributed by atoms with Gasteiger partial charge in [-0.15, -0.1) is 24.8 Å². The van der Waals surface area contributed by atoms with E-state index in [9.17, 15) is 31.1 Å². The Kier molecular flexibility index (Phi) is 3.84. The lowest BCUT2D eigenvalue weighted by Gasteiger charge is -2.15. The molecule has 1 N–H and O–H groups in total. The third-order valence-electron chi connectivity index (χ3n) is 1.74. The molecule has 0 radical (unpaired) electrons. The zero-order valence-corrected chi connectivity index (χ0v) is 9.00. The second kappa shape index (κ2) is 4.71. The first-order valence-electron chi connectivity index (χ1n) is 4.19. The summed E-state index contributed by atoms with van der Waals surface area (Å²) in [6.45, 7) is 0. The van der Waals surface area contributed by atoms with Gasteiger partial charge in [0.15, 0.2) is 11.4 Å². The molecule has 0 saturated carbocycles. The second-order valence-corrected chi connectivity index (χ2v) is 3.31. The average Bonchev–Trinajstić information content (AvgIpc) is 2.16. The molecule has 0 aliphatic heterocycles. The smallest absolute Gasteiger partial charge is 0.404 e. The molecule has 0 fully saturated rings. The molecular formula is C8H4ClF6NO2. The first-order valence-corrected chi connectivity index (χ1v) is 4.73. The molecule has 1 rings (SSSR count). The fourth-order valence-corrected chi connectivity index (χ4v) is 1.26. The fourth-order valence-electron chi connectivity index (χ4n) is 1.07. The molecule has 1 aromatic heterocycles. The van der Waals surface area contributed by atoms with E-state index in [4.69, 9.17) is 11.6 Å². The third-order valence-corrected chi connectivity index (χ3v) is 2.02. The van der Waals surface area contributed by atoms with Gasteiger partial charge < -0.3 is 9.72 Å². The highest BCUT2D eigenvalue weighted by Gasteiger charge is 2.40. The molecule has 0 saturated heterocycles. The van der Waals surface area contributed by atoms with Crippen LogP contribution >= 0.6 is 11.6 Å². The maximum absolute atomic E-state index is 12.4. The summed E-state index contributed by atoms with van der Waals surface area (Å²) in [5.41, 5.74) is -3.62. The molecule has 0 aliphatic carbocycles. The van der Waals surface area contributed by atoms with Crippen molar-refractivity contribution in [3.8, 4) is 5.75 Å². The molecule has 0 bridgehead atoms. The van der Waals surface area contributed by atoms with Crippen LogP contribution in [-0.4, -0.2) is 11.3 Å². The summed E-state index contributed by atoms with van der Waals surface area (Å²) in [7, 11) is 0. The number of alkyl halides is 7. The van der Waals surface area contributed by atoms with Crippen molar-refractivity contribution in [3.63, 3.8) is 0 Å². The number of H-pyrrole nitrogens is 1. The van der Waals surface area contributed by atoms with Crippen molar-refractivity contribution >= 4 is 11.6 Å². The van der Waals surface area contributed by atoms with Crippen molar-refractivity contribution in [1.82, 2.24) is 4.98 Å². The minimum absolute atomic E-state index is 0.308. The quantitative estimate of drug-likeness (QED) is 0.673. The number of hydrogen-bond acceptors (Lipinski definition) is 2. The number of hydrogen-bond donors (Lipinski definition) is 1. The highest BCUT2D eigenvalue weighted by molar-refractivity contribution is 6.17. The van der Waals surface area contributed by atoms with Gasteiger partial charge in [0.1, 0.15) is 0 Å². The first kappa shape index (κ1) is 14.7. The molecule has 18 heavy (non-hydrogen) atoms. The number of halogens is 7. The Bertz CT molecular complexity index is 492. The zero-order chi connectivity index (χ0) is 14.1. The number of pyridine rings is 1. The molecule has 0 atom stereocenters. The summed E-state index contributed by atoms with van der Waals surface area (Å²) in [5.74, 6) is -2.10. The van der Waals surface area contributed by atoms with Gasteiger partial charge in [-0.3, -0.25) is 4.79 Å². The van der Waals surface area contributed by atoms with Crippen molar-refractivity contribution in [2.45, 2.75) is 18.4 Å². The van der Waals surface area contributed by atoms with Crippen LogP contribution in [0.5, 0.6) is 5.75 Å². The minimum atomic E-state index is -5.32. The van der Waals surface area contributed by atoms with Crippen molar-refractivity contribution in [1.29, 1.82) is 0 Å². The van der Waals surface area contributed by atoms with Crippen LogP contribution in [0, 0.1) is 0 Å². The summed E-state index contributed by atoms with van der Waals surface area (Å²) >= 11 is 5.20. The van der Waals surface area contributed by atoms with Gasteiger partial charge in [-0.1, -0.05) is 0 Å². The van der Waals surface area contributed by atoms with E-state index in [-0.39, 0.29) is 0 Å². The molecule has 0 aromatic carbocycles. The molecule has 0 amide bonds. The van der Waals surface area contributed by atoms with Gasteiger partial charge in [-0.25, -0.2) is 0 Å². The molecule has 1 heterocycles. The summed E-state index contributed by atoms with van der Waals surface area (Å²) in [5, 5.41) is 0. The molecule has 1 aromatic rings. The maximum atomic E-state index is 12.4. The van der Waals surface area contributed by atoms with E-state index >= 15 is 0 Å². The molecule has 0 spiro atoms. The Morgan fingerprint density at radius 2 is 1.78 bits per heavy atom. The number of rotatable bonds is 2. The monoisotopic (exact) mass is 295 g/mol. The van der Waals surface area contributed by atoms with Crippen LogP contribution in [0.25, 0.3) is 0 Å². The Hall–Kier alpha value is -1.38. The minimum Gasteiger partial charge on any atom is -0.404 e. The Balaban J connectivity index is 3.40. The summed E-state index contributed by atoms with van der Waals surface area (Å²) < 4.78 is 76.2. The number of nitrogens with one attached hydrogen (secondary N) is 1. The molecule has 102 valence electrons. The van der Waals surface area contributed by atoms with E-state index < -0.39 is 41.0 Å². The molecule has 3 nitrogen and oxygen atoms in total. The van der Waals surface area contributed by atoms with Crippen LogP contribution in [0.2, 0.25) is 0 Å². The maximum Gasteiger partial charge on any atom is 0.573 e. The van der Waals surface area contributed by atoms with Crippen molar-refractivity contribution in [3.05, 3.63) is 27.7 Å². The zero-order valence-electron chi connectivity index (χ0n) is 8.25. The van der Waals surface area contributed by atoms with Crippen LogP contribution in [0.1, 0.15) is 11.3 Å². The molecule has 0 aliphatic rings. The van der Waals surface area contributed by atoms with Gasteiger partial charge >= 0.3 is 12.5 Å². The van der Waals surface area contributed by atoms with E-state index in [1.807, 2.05) is 0 Å². The van der Waals surface area contributed by atoms with Crippen LogP contribution in [0.3, 0.4) is 0 Å². The highest BCUT2D eigenvalue weighted by Crippen LogP contribution is 2.36. The summed E-state index contributed by atoms with van der Waals surface area (Å²) in [4.78, 5) is 12.3. The Morgan fingerprint density at radius 1 is 1.22 bits per heavy atom. The van der Waals surface area contributed by atoms with E-state index in [2.05, 4.69) is 4.74 Å². The van der Waals surface area contributed by atoms with Gasteiger partial charge in [0.25, 0.3) is 5.56 Å². The predicted molar refractivity (Wildman–Crippen MR) is 48.3 cm³/mol. The Morgan fingerprint density at radius 3 is 2.17 bits per heavy atom. The first-order chi connectivity index (χ1) is 8.04. The van der Waals surface area contributed by atoms with Crippen LogP contribution < -0.4 is 10.3 Å². The van der Waals surface area contributed by atoms with Crippen molar-refractivity contribution in [2.24, 2.45) is 0 Å². The number of aromatic nitrogens is 1. The van der Waals surface area contributed by atoms with Crippen molar-refractivity contribution < 1.29 is 31.1 Å². The van der Waals surface area contributed by atoms with E-state index in [1.54, 1.807) is 0 Å². The highest BCUT2D eigenvalue weighted by atomic mass is 35.5. The number of ether oxygens (including phenoxy) is 1. The van der Waals surface area contributed by atoms with Crippen LogP contribution in [0.15, 0.2) is 10.9 Å². The third kappa shape index (κ3) is 3.56. The van der Waals surface area contributed by atoms with Gasteiger partial charge in [0.2, 0.25) is 0 Å². The molecule has 10 heteroatoms. The van der Waals surface area contributed by atoms with Crippen LogP contribution in [-0.2, 0) is 12.1 Å². The molecule has 0 unspecified atom stereocenters. The lowest BCUT2D eigenvalue weighted by molar-refractivity contribution is -0.276. The van der Waals surface area contributed by atoms with Gasteiger partial charge in [0, 0.05) is 5.56 Å². The second-order valence-electron chi connectivity index (χ2n) is 3.04. The van der Waals surface area contributed by atoms with Gasteiger partial charge in [-0.2, -0.15) is 13.2 Å². The largest absolute Gasteiger partial charge is 0.573 e.